The number of hydrogen-bond donors (Lipinski definition) is 3. The van der Waals surface area contributed by atoms with Crippen LogP contribution in [0.1, 0.15) is 18.0 Å². The van der Waals surface area contributed by atoms with Crippen LogP contribution in [0, 0.1) is 0 Å². The van der Waals surface area contributed by atoms with E-state index in [9.17, 15) is 0 Å². The van der Waals surface area contributed by atoms with Crippen LogP contribution in [0.5, 0.6) is 5.75 Å². The Bertz CT molecular complexity index is 849. The zero-order chi connectivity index (χ0) is 17.8. The van der Waals surface area contributed by atoms with Crippen molar-refractivity contribution in [1.82, 2.24) is 10.9 Å². The van der Waals surface area contributed by atoms with E-state index in [1.54, 1.807) is 0 Å². The Labute approximate surface area is 154 Å². The molecule has 0 bridgehead atoms. The molecule has 4 heteroatoms. The molecule has 1 aliphatic heterocycles. The van der Waals surface area contributed by atoms with Crippen LogP contribution < -0.4 is 21.3 Å². The third kappa shape index (κ3) is 3.72. The minimum absolute atomic E-state index is 0.244. The Morgan fingerprint density at radius 1 is 0.808 bits per heavy atom. The smallest absolute Gasteiger partial charge is 0.142 e. The van der Waals surface area contributed by atoms with Gasteiger partial charge in [-0.3, -0.25) is 5.43 Å². The molecule has 0 aliphatic carbocycles. The van der Waals surface area contributed by atoms with Gasteiger partial charge in [0.05, 0.1) is 11.7 Å². The number of para-hydroxylation sites is 2. The van der Waals surface area contributed by atoms with Crippen LogP contribution >= 0.6 is 0 Å². The highest BCUT2D eigenvalue weighted by Gasteiger charge is 2.25. The van der Waals surface area contributed by atoms with Gasteiger partial charge in [0.15, 0.2) is 0 Å². The van der Waals surface area contributed by atoms with Crippen LogP contribution in [-0.2, 0) is 0 Å². The number of hydrogen-bond acceptors (Lipinski definition) is 4. The lowest BCUT2D eigenvalue weighted by molar-refractivity contribution is 0.274. The van der Waals surface area contributed by atoms with Crippen molar-refractivity contribution in [1.29, 1.82) is 0 Å². The number of hydrazine groups is 1. The van der Waals surface area contributed by atoms with Gasteiger partial charge in [0.25, 0.3) is 0 Å². The first kappa shape index (κ1) is 16.6. The maximum Gasteiger partial charge on any atom is 0.142 e. The van der Waals surface area contributed by atoms with Crippen LogP contribution in [0.15, 0.2) is 78.9 Å². The van der Waals surface area contributed by atoms with E-state index in [1.165, 1.54) is 16.7 Å². The number of nitrogen functional groups attached to an aromatic ring is 1. The minimum Gasteiger partial charge on any atom is -0.490 e. The zero-order valence-corrected chi connectivity index (χ0v) is 14.6. The maximum absolute atomic E-state index is 5.92. The quantitative estimate of drug-likeness (QED) is 0.614. The van der Waals surface area contributed by atoms with Crippen molar-refractivity contribution in [2.24, 2.45) is 0 Å². The minimum atomic E-state index is 0.244. The van der Waals surface area contributed by atoms with Crippen molar-refractivity contribution in [2.75, 3.05) is 12.3 Å². The number of rotatable bonds is 5. The molecule has 1 heterocycles. The highest BCUT2D eigenvalue weighted by atomic mass is 16.5. The highest BCUT2D eigenvalue weighted by Crippen LogP contribution is 2.27. The van der Waals surface area contributed by atoms with Crippen molar-refractivity contribution in [3.8, 4) is 16.9 Å². The van der Waals surface area contributed by atoms with Gasteiger partial charge in [0.1, 0.15) is 12.4 Å². The van der Waals surface area contributed by atoms with Gasteiger partial charge in [-0.15, -0.1) is 0 Å². The molecule has 0 spiro atoms. The van der Waals surface area contributed by atoms with E-state index in [0.717, 1.165) is 12.2 Å². The molecule has 3 aromatic carbocycles. The van der Waals surface area contributed by atoms with Crippen LogP contribution in [0.3, 0.4) is 0 Å². The van der Waals surface area contributed by atoms with E-state index in [4.69, 9.17) is 10.5 Å². The van der Waals surface area contributed by atoms with Crippen molar-refractivity contribution in [3.05, 3.63) is 84.4 Å². The molecule has 4 nitrogen and oxygen atoms in total. The number of anilines is 1. The van der Waals surface area contributed by atoms with E-state index in [0.29, 0.717) is 12.3 Å². The summed E-state index contributed by atoms with van der Waals surface area (Å²) >= 11 is 0. The first-order valence-corrected chi connectivity index (χ1v) is 8.93. The number of benzene rings is 3. The van der Waals surface area contributed by atoms with E-state index in [1.807, 2.05) is 30.3 Å². The Hall–Kier alpha value is -2.82. The first-order valence-electron chi connectivity index (χ1n) is 8.93. The summed E-state index contributed by atoms with van der Waals surface area (Å²) in [5.74, 6) is 0.741. The molecular weight excluding hydrogens is 322 g/mol. The summed E-state index contributed by atoms with van der Waals surface area (Å²) in [7, 11) is 0. The maximum atomic E-state index is 5.92. The summed E-state index contributed by atoms with van der Waals surface area (Å²) in [6.45, 7) is 0.583. The second-order valence-electron chi connectivity index (χ2n) is 6.61. The summed E-state index contributed by atoms with van der Waals surface area (Å²) in [5.41, 5.74) is 17.0. The molecule has 4 N–H and O–H groups in total. The highest BCUT2D eigenvalue weighted by molar-refractivity contribution is 5.63. The number of nitrogens with one attached hydrogen (secondary N) is 2. The monoisotopic (exact) mass is 345 g/mol. The SMILES string of the molecule is Nc1ccccc1OCC1CC(c2ccc(-c3ccccc3)cc2)NN1. The van der Waals surface area contributed by atoms with Gasteiger partial charge in [0, 0.05) is 6.04 Å². The molecule has 0 amide bonds. The summed E-state index contributed by atoms with van der Waals surface area (Å²) in [5, 5.41) is 0. The normalized spacial score (nSPS) is 19.4. The fourth-order valence-electron chi connectivity index (χ4n) is 3.29. The largest absolute Gasteiger partial charge is 0.490 e. The van der Waals surface area contributed by atoms with Crippen LogP contribution in [0.4, 0.5) is 5.69 Å². The topological polar surface area (TPSA) is 59.3 Å². The standard InChI is InChI=1S/C22H23N3O/c23-20-8-4-5-9-22(20)26-15-19-14-21(25-24-19)18-12-10-17(11-13-18)16-6-2-1-3-7-16/h1-13,19,21,24-25H,14-15,23H2. The Kier molecular flexibility index (Phi) is 4.86. The van der Waals surface area contributed by atoms with Crippen LogP contribution in [0.25, 0.3) is 11.1 Å². The van der Waals surface area contributed by atoms with Crippen molar-refractivity contribution in [3.63, 3.8) is 0 Å². The zero-order valence-electron chi connectivity index (χ0n) is 14.6. The number of nitrogens with two attached hydrogens (primary N) is 1. The average Bonchev–Trinajstić information content (AvgIpc) is 3.17. The van der Waals surface area contributed by atoms with Crippen LogP contribution in [0.2, 0.25) is 0 Å². The lowest BCUT2D eigenvalue weighted by Crippen LogP contribution is -2.34. The molecular formula is C22H23N3O. The predicted molar refractivity (Wildman–Crippen MR) is 106 cm³/mol. The van der Waals surface area contributed by atoms with Crippen molar-refractivity contribution < 1.29 is 4.74 Å². The lowest BCUT2D eigenvalue weighted by atomic mass is 9.98. The van der Waals surface area contributed by atoms with Crippen molar-refractivity contribution >= 4 is 5.69 Å². The molecule has 0 aromatic heterocycles. The molecule has 1 fully saturated rings. The van der Waals surface area contributed by atoms with Crippen LogP contribution in [-0.4, -0.2) is 12.6 Å². The second-order valence-corrected chi connectivity index (χ2v) is 6.61. The van der Waals surface area contributed by atoms with E-state index in [-0.39, 0.29) is 12.1 Å². The van der Waals surface area contributed by atoms with Gasteiger partial charge in [-0.2, -0.15) is 0 Å². The second kappa shape index (κ2) is 7.60. The third-order valence-corrected chi connectivity index (χ3v) is 4.76. The molecule has 2 unspecified atom stereocenters. The van der Waals surface area contributed by atoms with E-state index >= 15 is 0 Å². The summed E-state index contributed by atoms with van der Waals surface area (Å²) in [6, 6.07) is 27.3. The molecule has 132 valence electrons. The Balaban J connectivity index is 1.36. The van der Waals surface area contributed by atoms with E-state index < -0.39 is 0 Å². The lowest BCUT2D eigenvalue weighted by Gasteiger charge is -2.13. The van der Waals surface area contributed by atoms with Gasteiger partial charge in [-0.25, -0.2) is 5.43 Å². The molecule has 3 aromatic rings. The molecule has 2 atom stereocenters. The van der Waals surface area contributed by atoms with E-state index in [2.05, 4.69) is 59.4 Å². The molecule has 0 radical (unpaired) electrons. The molecule has 1 aliphatic rings. The third-order valence-electron chi connectivity index (χ3n) is 4.76. The molecule has 0 saturated carbocycles. The number of ether oxygens (including phenoxy) is 1. The predicted octanol–water partition coefficient (Wildman–Crippen LogP) is 3.92. The molecule has 26 heavy (non-hydrogen) atoms. The summed E-state index contributed by atoms with van der Waals surface area (Å²) in [6.07, 6.45) is 0.970. The first-order chi connectivity index (χ1) is 12.8. The van der Waals surface area contributed by atoms with Gasteiger partial charge in [-0.1, -0.05) is 66.7 Å². The van der Waals surface area contributed by atoms with Gasteiger partial charge < -0.3 is 10.5 Å². The molecule has 4 rings (SSSR count). The van der Waals surface area contributed by atoms with Gasteiger partial charge >= 0.3 is 0 Å². The van der Waals surface area contributed by atoms with Crippen molar-refractivity contribution in [2.45, 2.75) is 18.5 Å². The average molecular weight is 345 g/mol. The fraction of sp³-hybridized carbons (Fsp3) is 0.182. The molecule has 1 saturated heterocycles. The summed E-state index contributed by atoms with van der Waals surface area (Å²) in [4.78, 5) is 0. The Morgan fingerprint density at radius 3 is 2.27 bits per heavy atom. The Morgan fingerprint density at radius 2 is 1.50 bits per heavy atom. The van der Waals surface area contributed by atoms with Gasteiger partial charge in [0.2, 0.25) is 0 Å². The fourth-order valence-corrected chi connectivity index (χ4v) is 3.29. The summed E-state index contributed by atoms with van der Waals surface area (Å²) < 4.78 is 5.85. The van der Waals surface area contributed by atoms with Gasteiger partial charge in [-0.05, 0) is 35.2 Å².